The van der Waals surface area contributed by atoms with Gasteiger partial charge >= 0.3 is 0 Å². The zero-order valence-corrected chi connectivity index (χ0v) is 11.3. The molecule has 1 aliphatic rings. The molecule has 19 heavy (non-hydrogen) atoms. The van der Waals surface area contributed by atoms with Gasteiger partial charge in [-0.3, -0.25) is 0 Å². The summed E-state index contributed by atoms with van der Waals surface area (Å²) in [6.07, 6.45) is 2.19. The predicted octanol–water partition coefficient (Wildman–Crippen LogP) is 1.26. The van der Waals surface area contributed by atoms with Crippen molar-refractivity contribution >= 4 is 11.4 Å². The summed E-state index contributed by atoms with van der Waals surface area (Å²) in [5.41, 5.74) is 7.69. The Kier molecular flexibility index (Phi) is 4.87. The smallest absolute Gasteiger partial charge is 0.122 e. The fourth-order valence-electron chi connectivity index (χ4n) is 2.41. The highest BCUT2D eigenvalue weighted by molar-refractivity contribution is 5.60. The molecule has 1 saturated heterocycles. The molecule has 2 rings (SSSR count). The standard InChI is InChI=1S/C14H22N2O3/c1-18-14-9-11(15)8-12(10-14)16-4-2-13(3-5-16)19-7-6-17/h8-10,13,17H,2-7,15H2,1H3. The van der Waals surface area contributed by atoms with E-state index in [1.807, 2.05) is 18.2 Å². The van der Waals surface area contributed by atoms with Gasteiger partial charge in [0.2, 0.25) is 0 Å². The monoisotopic (exact) mass is 266 g/mol. The maximum absolute atomic E-state index is 8.75. The van der Waals surface area contributed by atoms with Gasteiger partial charge in [-0.1, -0.05) is 0 Å². The van der Waals surface area contributed by atoms with Crippen LogP contribution in [0.3, 0.4) is 0 Å². The van der Waals surface area contributed by atoms with Crippen LogP contribution in [0.4, 0.5) is 11.4 Å². The van der Waals surface area contributed by atoms with Crippen molar-refractivity contribution in [2.45, 2.75) is 18.9 Å². The van der Waals surface area contributed by atoms with Crippen LogP contribution in [0.15, 0.2) is 18.2 Å². The average molecular weight is 266 g/mol. The summed E-state index contributed by atoms with van der Waals surface area (Å²) in [6.45, 7) is 2.38. The van der Waals surface area contributed by atoms with Gasteiger partial charge < -0.3 is 25.2 Å². The van der Waals surface area contributed by atoms with Crippen LogP contribution in [-0.2, 0) is 4.74 Å². The first kappa shape index (κ1) is 14.0. The Hall–Kier alpha value is -1.46. The molecular formula is C14H22N2O3. The van der Waals surface area contributed by atoms with E-state index in [0.717, 1.165) is 37.4 Å². The zero-order chi connectivity index (χ0) is 13.7. The SMILES string of the molecule is COc1cc(N)cc(N2CCC(OCCO)CC2)c1. The van der Waals surface area contributed by atoms with Gasteiger partial charge in [0.25, 0.3) is 0 Å². The summed E-state index contributed by atoms with van der Waals surface area (Å²) in [5, 5.41) is 8.75. The van der Waals surface area contributed by atoms with Crippen molar-refractivity contribution in [1.29, 1.82) is 0 Å². The number of aliphatic hydroxyl groups excluding tert-OH is 1. The van der Waals surface area contributed by atoms with E-state index in [0.29, 0.717) is 12.3 Å². The van der Waals surface area contributed by atoms with Crippen molar-refractivity contribution in [3.63, 3.8) is 0 Å². The van der Waals surface area contributed by atoms with Gasteiger partial charge in [-0.05, 0) is 18.9 Å². The molecule has 0 radical (unpaired) electrons. The van der Waals surface area contributed by atoms with Gasteiger partial charge in [0.15, 0.2) is 0 Å². The number of anilines is 2. The van der Waals surface area contributed by atoms with Gasteiger partial charge in [0, 0.05) is 36.6 Å². The normalized spacial score (nSPS) is 16.6. The minimum atomic E-state index is 0.0899. The van der Waals surface area contributed by atoms with Gasteiger partial charge in [-0.15, -0.1) is 0 Å². The summed E-state index contributed by atoms with van der Waals surface area (Å²) in [5.74, 6) is 0.786. The molecule has 0 unspecified atom stereocenters. The van der Waals surface area contributed by atoms with E-state index >= 15 is 0 Å². The van der Waals surface area contributed by atoms with Crippen molar-refractivity contribution in [1.82, 2.24) is 0 Å². The van der Waals surface area contributed by atoms with E-state index in [-0.39, 0.29) is 12.7 Å². The number of hydrogen-bond donors (Lipinski definition) is 2. The van der Waals surface area contributed by atoms with Gasteiger partial charge in [0.1, 0.15) is 5.75 Å². The Bertz CT molecular complexity index is 404. The Morgan fingerprint density at radius 1 is 1.32 bits per heavy atom. The van der Waals surface area contributed by atoms with Crippen molar-refractivity contribution in [3.8, 4) is 5.75 Å². The molecule has 0 aliphatic carbocycles. The summed E-state index contributed by atoms with van der Waals surface area (Å²) in [6, 6.07) is 5.79. The topological polar surface area (TPSA) is 68.0 Å². The first-order valence-corrected chi connectivity index (χ1v) is 6.65. The zero-order valence-electron chi connectivity index (χ0n) is 11.3. The second-order valence-electron chi connectivity index (χ2n) is 4.75. The molecule has 0 atom stereocenters. The molecule has 0 bridgehead atoms. The summed E-state index contributed by atoms with van der Waals surface area (Å²) < 4.78 is 10.8. The third kappa shape index (κ3) is 3.75. The third-order valence-electron chi connectivity index (χ3n) is 3.40. The van der Waals surface area contributed by atoms with Crippen molar-refractivity contribution < 1.29 is 14.6 Å². The lowest BCUT2D eigenvalue weighted by Gasteiger charge is -2.33. The number of rotatable bonds is 5. The van der Waals surface area contributed by atoms with Crippen LogP contribution in [-0.4, -0.2) is 44.6 Å². The quantitative estimate of drug-likeness (QED) is 0.785. The number of hydrogen-bond acceptors (Lipinski definition) is 5. The first-order chi connectivity index (χ1) is 9.22. The van der Waals surface area contributed by atoms with Crippen LogP contribution in [0.2, 0.25) is 0 Å². The summed E-state index contributed by atoms with van der Waals surface area (Å²) in [4.78, 5) is 2.29. The Morgan fingerprint density at radius 2 is 2.05 bits per heavy atom. The molecule has 106 valence electrons. The highest BCUT2D eigenvalue weighted by Crippen LogP contribution is 2.28. The van der Waals surface area contributed by atoms with E-state index < -0.39 is 0 Å². The minimum Gasteiger partial charge on any atom is -0.497 e. The lowest BCUT2D eigenvalue weighted by atomic mass is 10.1. The molecule has 0 amide bonds. The molecule has 1 fully saturated rings. The maximum Gasteiger partial charge on any atom is 0.122 e. The highest BCUT2D eigenvalue weighted by atomic mass is 16.5. The second kappa shape index (κ2) is 6.63. The molecule has 3 N–H and O–H groups in total. The van der Waals surface area contributed by atoms with Crippen LogP contribution >= 0.6 is 0 Å². The van der Waals surface area contributed by atoms with E-state index in [1.165, 1.54) is 0 Å². The van der Waals surface area contributed by atoms with Gasteiger partial charge in [-0.2, -0.15) is 0 Å². The highest BCUT2D eigenvalue weighted by Gasteiger charge is 2.20. The number of aliphatic hydroxyl groups is 1. The molecule has 5 heteroatoms. The third-order valence-corrected chi connectivity index (χ3v) is 3.40. The number of benzene rings is 1. The van der Waals surface area contributed by atoms with E-state index in [4.69, 9.17) is 20.3 Å². The lowest BCUT2D eigenvalue weighted by Crippen LogP contribution is -2.37. The van der Waals surface area contributed by atoms with Crippen LogP contribution in [0.25, 0.3) is 0 Å². The number of piperidine rings is 1. The fourth-order valence-corrected chi connectivity index (χ4v) is 2.41. The van der Waals surface area contributed by atoms with Crippen molar-refractivity contribution in [2.24, 2.45) is 0 Å². The van der Waals surface area contributed by atoms with Crippen LogP contribution < -0.4 is 15.4 Å². The Labute approximate surface area is 113 Å². The van der Waals surface area contributed by atoms with Gasteiger partial charge in [-0.25, -0.2) is 0 Å². The number of nitrogen functional groups attached to an aromatic ring is 1. The van der Waals surface area contributed by atoms with Crippen LogP contribution in [0.1, 0.15) is 12.8 Å². The predicted molar refractivity (Wildman–Crippen MR) is 75.7 cm³/mol. The lowest BCUT2D eigenvalue weighted by molar-refractivity contribution is 0.0159. The van der Waals surface area contributed by atoms with Gasteiger partial charge in [0.05, 0.1) is 26.4 Å². The minimum absolute atomic E-state index is 0.0899. The molecule has 1 aromatic rings. The first-order valence-electron chi connectivity index (χ1n) is 6.65. The number of nitrogens with two attached hydrogens (primary N) is 1. The number of ether oxygens (including phenoxy) is 2. The largest absolute Gasteiger partial charge is 0.497 e. The average Bonchev–Trinajstić information content (AvgIpc) is 2.45. The number of methoxy groups -OCH3 is 1. The molecule has 1 aliphatic heterocycles. The molecule has 5 nitrogen and oxygen atoms in total. The molecule has 0 saturated carbocycles. The molecule has 0 spiro atoms. The van der Waals surface area contributed by atoms with Crippen molar-refractivity contribution in [2.75, 3.05) is 44.0 Å². The van der Waals surface area contributed by atoms with Crippen LogP contribution in [0, 0.1) is 0 Å². The Morgan fingerprint density at radius 3 is 2.68 bits per heavy atom. The van der Waals surface area contributed by atoms with E-state index in [1.54, 1.807) is 7.11 Å². The second-order valence-corrected chi connectivity index (χ2v) is 4.75. The molecular weight excluding hydrogens is 244 g/mol. The summed E-state index contributed by atoms with van der Waals surface area (Å²) >= 11 is 0. The number of nitrogens with zero attached hydrogens (tertiary/aromatic N) is 1. The van der Waals surface area contributed by atoms with Crippen LogP contribution in [0.5, 0.6) is 5.75 Å². The maximum atomic E-state index is 8.75. The molecule has 1 heterocycles. The van der Waals surface area contributed by atoms with Crippen molar-refractivity contribution in [3.05, 3.63) is 18.2 Å². The Balaban J connectivity index is 1.95. The summed E-state index contributed by atoms with van der Waals surface area (Å²) in [7, 11) is 1.65. The van der Waals surface area contributed by atoms with E-state index in [2.05, 4.69) is 4.90 Å². The molecule has 1 aromatic carbocycles. The van der Waals surface area contributed by atoms with E-state index in [9.17, 15) is 0 Å². The fraction of sp³-hybridized carbons (Fsp3) is 0.571. The molecule has 0 aromatic heterocycles.